The van der Waals surface area contributed by atoms with E-state index < -0.39 is 0 Å². The van der Waals surface area contributed by atoms with E-state index in [1.165, 1.54) is 0 Å². The van der Waals surface area contributed by atoms with Crippen molar-refractivity contribution in [3.05, 3.63) is 89.8 Å². The maximum Gasteiger partial charge on any atom is 0.270 e. The molecule has 1 aromatic carbocycles. The van der Waals surface area contributed by atoms with Crippen LogP contribution in [0.15, 0.2) is 67.0 Å². The van der Waals surface area contributed by atoms with Gasteiger partial charge in [-0.15, -0.1) is 0 Å². The van der Waals surface area contributed by atoms with Gasteiger partial charge in [0.05, 0.1) is 11.7 Å². The Kier molecular flexibility index (Phi) is 4.38. The van der Waals surface area contributed by atoms with Crippen molar-refractivity contribution < 1.29 is 4.79 Å². The van der Waals surface area contributed by atoms with Gasteiger partial charge in [0.15, 0.2) is 0 Å². The number of benzene rings is 1. The van der Waals surface area contributed by atoms with Crippen LogP contribution < -0.4 is 5.32 Å². The molecule has 0 fully saturated rings. The Morgan fingerprint density at radius 3 is 2.43 bits per heavy atom. The second kappa shape index (κ2) is 6.79. The molecule has 0 aliphatic rings. The topological polar surface area (TPSA) is 67.8 Å². The van der Waals surface area contributed by atoms with Gasteiger partial charge in [-0.1, -0.05) is 36.4 Å². The first-order chi connectivity index (χ1) is 11.2. The number of nitrogens with zero attached hydrogens (tertiary/aromatic N) is 3. The molecule has 0 saturated heterocycles. The van der Waals surface area contributed by atoms with Gasteiger partial charge in [0.2, 0.25) is 0 Å². The van der Waals surface area contributed by atoms with Crippen molar-refractivity contribution in [3.63, 3.8) is 0 Å². The van der Waals surface area contributed by atoms with Crippen molar-refractivity contribution in [1.82, 2.24) is 20.3 Å². The molecule has 2 aromatic heterocycles. The van der Waals surface area contributed by atoms with Crippen LogP contribution in [0.4, 0.5) is 0 Å². The molecule has 1 amide bonds. The van der Waals surface area contributed by atoms with Crippen molar-refractivity contribution in [1.29, 1.82) is 0 Å². The second-order valence-corrected chi connectivity index (χ2v) is 5.06. The van der Waals surface area contributed by atoms with Crippen LogP contribution in [0.25, 0.3) is 0 Å². The first-order valence-electron chi connectivity index (χ1n) is 7.30. The highest BCUT2D eigenvalue weighted by Gasteiger charge is 2.19. The minimum atomic E-state index is -0.333. The fourth-order valence-electron chi connectivity index (χ4n) is 2.31. The highest BCUT2D eigenvalue weighted by atomic mass is 16.1. The maximum atomic E-state index is 12.5. The summed E-state index contributed by atoms with van der Waals surface area (Å²) in [6.45, 7) is 1.75. The molecule has 0 bridgehead atoms. The predicted octanol–water partition coefficient (Wildman–Crippen LogP) is 2.70. The van der Waals surface area contributed by atoms with Crippen LogP contribution in [0.2, 0.25) is 0 Å². The van der Waals surface area contributed by atoms with Gasteiger partial charge in [-0.3, -0.25) is 9.78 Å². The van der Waals surface area contributed by atoms with Crippen molar-refractivity contribution in [2.75, 3.05) is 0 Å². The summed E-state index contributed by atoms with van der Waals surface area (Å²) in [7, 11) is 0. The van der Waals surface area contributed by atoms with Gasteiger partial charge in [0.25, 0.3) is 5.91 Å². The molecule has 3 aromatic rings. The van der Waals surface area contributed by atoms with E-state index >= 15 is 0 Å². The fraction of sp³-hybridized carbons (Fsp3) is 0.111. The molecule has 0 saturated carbocycles. The van der Waals surface area contributed by atoms with Crippen LogP contribution in [0.3, 0.4) is 0 Å². The number of carbonyl (C=O) groups is 1. The Morgan fingerprint density at radius 2 is 1.74 bits per heavy atom. The van der Waals surface area contributed by atoms with E-state index in [-0.39, 0.29) is 11.9 Å². The van der Waals surface area contributed by atoms with Gasteiger partial charge in [-0.25, -0.2) is 9.97 Å². The van der Waals surface area contributed by atoms with Gasteiger partial charge >= 0.3 is 0 Å². The van der Waals surface area contributed by atoms with E-state index in [0.29, 0.717) is 11.5 Å². The molecule has 0 spiro atoms. The average Bonchev–Trinajstić information content (AvgIpc) is 2.61. The molecule has 0 aliphatic carbocycles. The molecular weight excluding hydrogens is 288 g/mol. The lowest BCUT2D eigenvalue weighted by Crippen LogP contribution is -2.30. The average molecular weight is 304 g/mol. The largest absolute Gasteiger partial charge is 0.338 e. The molecule has 5 heteroatoms. The van der Waals surface area contributed by atoms with Crippen LogP contribution in [-0.2, 0) is 0 Å². The zero-order valence-electron chi connectivity index (χ0n) is 12.7. The number of aromatic nitrogens is 3. The monoisotopic (exact) mass is 304 g/mol. The van der Waals surface area contributed by atoms with Crippen LogP contribution in [0.1, 0.15) is 33.6 Å². The molecule has 2 heterocycles. The summed E-state index contributed by atoms with van der Waals surface area (Å²) in [6.07, 6.45) is 3.29. The minimum absolute atomic E-state index is 0.255. The number of hydrogen-bond acceptors (Lipinski definition) is 4. The molecular formula is C18H16N4O. The van der Waals surface area contributed by atoms with Gasteiger partial charge in [-0.05, 0) is 30.7 Å². The summed E-state index contributed by atoms with van der Waals surface area (Å²) in [5.41, 5.74) is 2.08. The Bertz CT molecular complexity index is 751. The van der Waals surface area contributed by atoms with E-state index in [2.05, 4.69) is 20.3 Å². The van der Waals surface area contributed by atoms with E-state index in [4.69, 9.17) is 0 Å². The number of rotatable bonds is 4. The molecule has 0 radical (unpaired) electrons. The number of carbonyl (C=O) groups excluding carboxylic acids is 1. The van der Waals surface area contributed by atoms with Gasteiger partial charge in [0.1, 0.15) is 11.5 Å². The third-order valence-corrected chi connectivity index (χ3v) is 3.40. The Labute approximate surface area is 134 Å². The summed E-state index contributed by atoms with van der Waals surface area (Å²) in [4.78, 5) is 25.1. The Hall–Kier alpha value is -3.08. The lowest BCUT2D eigenvalue weighted by molar-refractivity contribution is 0.0937. The summed E-state index contributed by atoms with van der Waals surface area (Å²) in [5.74, 6) is 0.307. The van der Waals surface area contributed by atoms with E-state index in [1.807, 2.05) is 48.5 Å². The highest BCUT2D eigenvalue weighted by Crippen LogP contribution is 2.20. The number of pyridine rings is 1. The van der Waals surface area contributed by atoms with E-state index in [1.54, 1.807) is 25.4 Å². The van der Waals surface area contributed by atoms with Gasteiger partial charge < -0.3 is 5.32 Å². The molecule has 3 rings (SSSR count). The molecule has 1 atom stereocenters. The van der Waals surface area contributed by atoms with Crippen LogP contribution in [0, 0.1) is 6.92 Å². The van der Waals surface area contributed by atoms with Gasteiger partial charge in [0, 0.05) is 12.4 Å². The highest BCUT2D eigenvalue weighted by molar-refractivity contribution is 5.92. The molecule has 114 valence electrons. The van der Waals surface area contributed by atoms with Crippen molar-refractivity contribution in [2.45, 2.75) is 13.0 Å². The quantitative estimate of drug-likeness (QED) is 0.804. The standard InChI is InChI=1S/C18H16N4O/c1-13-19-12-10-16(21-13)18(23)22-17(14-7-3-2-4-8-14)15-9-5-6-11-20-15/h2-12,17H,1H3,(H,22,23)/t17-/m1/s1. The van der Waals surface area contributed by atoms with E-state index in [0.717, 1.165) is 11.3 Å². The fourth-order valence-corrected chi connectivity index (χ4v) is 2.31. The third kappa shape index (κ3) is 3.58. The van der Waals surface area contributed by atoms with Crippen molar-refractivity contribution in [2.24, 2.45) is 0 Å². The number of aryl methyl sites for hydroxylation is 1. The SMILES string of the molecule is Cc1nccc(C(=O)N[C@H](c2ccccc2)c2ccccn2)n1. The Morgan fingerprint density at radius 1 is 0.957 bits per heavy atom. The summed E-state index contributed by atoms with van der Waals surface area (Å²) >= 11 is 0. The zero-order chi connectivity index (χ0) is 16.1. The first kappa shape index (κ1) is 14.8. The number of hydrogen-bond donors (Lipinski definition) is 1. The normalized spacial score (nSPS) is 11.7. The van der Waals surface area contributed by atoms with Crippen LogP contribution >= 0.6 is 0 Å². The molecule has 0 aliphatic heterocycles. The molecule has 1 N–H and O–H groups in total. The lowest BCUT2D eigenvalue weighted by atomic mass is 10.0. The molecule has 5 nitrogen and oxygen atoms in total. The predicted molar refractivity (Wildman–Crippen MR) is 86.8 cm³/mol. The van der Waals surface area contributed by atoms with E-state index in [9.17, 15) is 4.79 Å². The number of amides is 1. The van der Waals surface area contributed by atoms with Crippen LogP contribution in [-0.4, -0.2) is 20.9 Å². The van der Waals surface area contributed by atoms with Crippen molar-refractivity contribution in [3.8, 4) is 0 Å². The molecule has 0 unspecified atom stereocenters. The summed E-state index contributed by atoms with van der Waals surface area (Å²) < 4.78 is 0. The minimum Gasteiger partial charge on any atom is -0.338 e. The van der Waals surface area contributed by atoms with Gasteiger partial charge in [-0.2, -0.15) is 0 Å². The molecule has 23 heavy (non-hydrogen) atoms. The first-order valence-corrected chi connectivity index (χ1v) is 7.30. The third-order valence-electron chi connectivity index (χ3n) is 3.40. The number of nitrogens with one attached hydrogen (secondary N) is 1. The maximum absolute atomic E-state index is 12.5. The van der Waals surface area contributed by atoms with Crippen LogP contribution in [0.5, 0.6) is 0 Å². The Balaban J connectivity index is 1.92. The summed E-state index contributed by atoms with van der Waals surface area (Å²) in [6, 6.07) is 16.6. The lowest BCUT2D eigenvalue weighted by Gasteiger charge is -2.18. The zero-order valence-corrected chi connectivity index (χ0v) is 12.7. The smallest absolute Gasteiger partial charge is 0.270 e. The second-order valence-electron chi connectivity index (χ2n) is 5.06. The van der Waals surface area contributed by atoms with Crippen molar-refractivity contribution >= 4 is 5.91 Å². The summed E-state index contributed by atoms with van der Waals surface area (Å²) in [5, 5.41) is 3.00.